The van der Waals surface area contributed by atoms with Crippen LogP contribution in [0.4, 0.5) is 0 Å². The number of carbonyl (C=O) groups is 2. The number of furan rings is 1. The van der Waals surface area contributed by atoms with E-state index in [9.17, 15) is 14.7 Å². The highest BCUT2D eigenvalue weighted by Crippen LogP contribution is 2.38. The van der Waals surface area contributed by atoms with Crippen LogP contribution in [0.1, 0.15) is 23.1 Å². The van der Waals surface area contributed by atoms with Gasteiger partial charge in [-0.3, -0.25) is 9.69 Å². The number of hydrogen-bond acceptors (Lipinski definition) is 5. The molecule has 2 heterocycles. The lowest BCUT2D eigenvalue weighted by molar-refractivity contribution is -0.145. The number of amides is 1. The highest BCUT2D eigenvalue weighted by molar-refractivity contribution is 8.26. The third-order valence-corrected chi connectivity index (χ3v) is 4.80. The van der Waals surface area contributed by atoms with E-state index in [-0.39, 0.29) is 4.32 Å². The van der Waals surface area contributed by atoms with Crippen LogP contribution in [0.3, 0.4) is 0 Å². The minimum Gasteiger partial charge on any atom is -0.479 e. The van der Waals surface area contributed by atoms with Crippen molar-refractivity contribution < 1.29 is 19.1 Å². The second-order valence-electron chi connectivity index (χ2n) is 5.15. The number of aryl methyl sites for hydroxylation is 1. The van der Waals surface area contributed by atoms with Crippen LogP contribution < -0.4 is 0 Å². The van der Waals surface area contributed by atoms with Crippen LogP contribution in [0.25, 0.3) is 6.08 Å². The summed E-state index contributed by atoms with van der Waals surface area (Å²) in [6, 6.07) is 10.9. The SMILES string of the molecule is Cc1ccc(/C=C2/SC(=S)N([C@H](C(=O)O)c3ccccc3)C2=O)o1. The minimum absolute atomic E-state index is 0.214. The van der Waals surface area contributed by atoms with E-state index < -0.39 is 17.9 Å². The second-order valence-corrected chi connectivity index (χ2v) is 6.83. The summed E-state index contributed by atoms with van der Waals surface area (Å²) in [5.41, 5.74) is 0.497. The van der Waals surface area contributed by atoms with E-state index >= 15 is 0 Å². The minimum atomic E-state index is -1.15. The van der Waals surface area contributed by atoms with Crippen LogP contribution in [0.5, 0.6) is 0 Å². The molecule has 1 aliphatic heterocycles. The van der Waals surface area contributed by atoms with E-state index in [0.717, 1.165) is 22.4 Å². The topological polar surface area (TPSA) is 70.8 Å². The van der Waals surface area contributed by atoms with Gasteiger partial charge in [-0.05, 0) is 24.6 Å². The number of carbonyl (C=O) groups excluding carboxylic acids is 1. The van der Waals surface area contributed by atoms with Crippen LogP contribution in [-0.2, 0) is 9.59 Å². The quantitative estimate of drug-likeness (QED) is 0.664. The highest BCUT2D eigenvalue weighted by atomic mass is 32.2. The van der Waals surface area contributed by atoms with Crippen molar-refractivity contribution in [2.24, 2.45) is 0 Å². The summed E-state index contributed by atoms with van der Waals surface area (Å²) < 4.78 is 5.65. The van der Waals surface area contributed by atoms with Crippen LogP contribution in [0, 0.1) is 6.92 Å². The molecule has 1 N–H and O–H groups in total. The Kier molecular flexibility index (Phi) is 4.55. The van der Waals surface area contributed by atoms with E-state index in [1.807, 2.05) is 0 Å². The number of aliphatic carboxylic acids is 1. The van der Waals surface area contributed by atoms with Gasteiger partial charge in [0, 0.05) is 6.08 Å². The van der Waals surface area contributed by atoms with Crippen molar-refractivity contribution >= 4 is 46.3 Å². The zero-order chi connectivity index (χ0) is 17.3. The third kappa shape index (κ3) is 3.13. The fraction of sp³-hybridized carbons (Fsp3) is 0.118. The molecule has 24 heavy (non-hydrogen) atoms. The zero-order valence-corrected chi connectivity index (χ0v) is 14.3. The lowest BCUT2D eigenvalue weighted by atomic mass is 10.1. The van der Waals surface area contributed by atoms with Crippen LogP contribution >= 0.6 is 24.0 Å². The van der Waals surface area contributed by atoms with E-state index in [0.29, 0.717) is 16.2 Å². The molecular formula is C17H13NO4S2. The number of thioether (sulfide) groups is 1. The molecule has 1 aromatic carbocycles. The Balaban J connectivity index is 1.96. The molecule has 0 bridgehead atoms. The van der Waals surface area contributed by atoms with Gasteiger partial charge >= 0.3 is 5.97 Å². The largest absolute Gasteiger partial charge is 0.479 e. The van der Waals surface area contributed by atoms with Gasteiger partial charge in [0.25, 0.3) is 5.91 Å². The van der Waals surface area contributed by atoms with Crippen molar-refractivity contribution in [1.29, 1.82) is 0 Å². The Labute approximate surface area is 148 Å². The normalized spacial score (nSPS) is 17.5. The lowest BCUT2D eigenvalue weighted by Crippen LogP contribution is -2.37. The first-order valence-corrected chi connectivity index (χ1v) is 8.31. The van der Waals surface area contributed by atoms with E-state index in [1.54, 1.807) is 55.5 Å². The predicted molar refractivity (Wildman–Crippen MR) is 95.3 cm³/mol. The number of carboxylic acids is 1. The number of benzene rings is 1. The molecule has 1 aromatic heterocycles. The van der Waals surface area contributed by atoms with Gasteiger partial charge in [0.15, 0.2) is 6.04 Å². The van der Waals surface area contributed by atoms with Gasteiger partial charge in [-0.25, -0.2) is 4.79 Å². The smallest absolute Gasteiger partial charge is 0.331 e. The Bertz CT molecular complexity index is 841. The molecule has 1 aliphatic rings. The summed E-state index contributed by atoms with van der Waals surface area (Å²) >= 11 is 6.32. The molecule has 7 heteroatoms. The lowest BCUT2D eigenvalue weighted by Gasteiger charge is -2.23. The molecule has 1 atom stereocenters. The molecule has 0 saturated carbocycles. The van der Waals surface area contributed by atoms with Gasteiger partial charge in [-0.1, -0.05) is 54.3 Å². The summed E-state index contributed by atoms with van der Waals surface area (Å²) in [5, 5.41) is 9.60. The maximum atomic E-state index is 12.7. The van der Waals surface area contributed by atoms with E-state index in [1.165, 1.54) is 0 Å². The van der Waals surface area contributed by atoms with Crippen molar-refractivity contribution in [3.63, 3.8) is 0 Å². The molecule has 0 aliphatic carbocycles. The summed E-state index contributed by atoms with van der Waals surface area (Å²) in [5.74, 6) is -0.313. The number of carboxylic acid groups (broad SMARTS) is 1. The molecule has 1 fully saturated rings. The molecule has 5 nitrogen and oxygen atoms in total. The predicted octanol–water partition coefficient (Wildman–Crippen LogP) is 3.62. The average molecular weight is 359 g/mol. The van der Waals surface area contributed by atoms with E-state index in [2.05, 4.69) is 0 Å². The molecule has 2 aromatic rings. The second kappa shape index (κ2) is 6.62. The fourth-order valence-electron chi connectivity index (χ4n) is 2.40. The van der Waals surface area contributed by atoms with Gasteiger partial charge in [-0.2, -0.15) is 0 Å². The molecule has 0 radical (unpaired) electrons. The molecule has 1 saturated heterocycles. The van der Waals surface area contributed by atoms with Crippen LogP contribution in [0.15, 0.2) is 51.8 Å². The van der Waals surface area contributed by atoms with Crippen molar-refractivity contribution in [1.82, 2.24) is 4.90 Å². The standard InChI is InChI=1S/C17H13NO4S2/c1-10-7-8-12(22-10)9-13-15(19)18(17(23)24-13)14(16(20)21)11-5-3-2-4-6-11/h2-9,14H,1H3,(H,20,21)/b13-9+/t14-/m0/s1. The molecule has 3 rings (SSSR count). The van der Waals surface area contributed by atoms with E-state index in [4.69, 9.17) is 16.6 Å². The fourth-order valence-corrected chi connectivity index (χ4v) is 3.69. The first-order valence-electron chi connectivity index (χ1n) is 7.08. The number of nitrogens with zero attached hydrogens (tertiary/aromatic N) is 1. The van der Waals surface area contributed by atoms with Crippen molar-refractivity contribution in [2.75, 3.05) is 0 Å². The number of rotatable bonds is 4. The average Bonchev–Trinajstić information content (AvgIpc) is 3.07. The Morgan fingerprint density at radius 3 is 2.58 bits per heavy atom. The summed E-state index contributed by atoms with van der Waals surface area (Å²) in [7, 11) is 0. The van der Waals surface area contributed by atoms with Crippen LogP contribution in [-0.4, -0.2) is 26.2 Å². The Morgan fingerprint density at radius 1 is 1.29 bits per heavy atom. The van der Waals surface area contributed by atoms with Gasteiger partial charge < -0.3 is 9.52 Å². The highest BCUT2D eigenvalue weighted by Gasteiger charge is 2.41. The molecule has 122 valence electrons. The maximum absolute atomic E-state index is 12.7. The first-order chi connectivity index (χ1) is 11.5. The Morgan fingerprint density at radius 2 is 2.00 bits per heavy atom. The van der Waals surface area contributed by atoms with Crippen molar-refractivity contribution in [2.45, 2.75) is 13.0 Å². The van der Waals surface area contributed by atoms with Crippen LogP contribution in [0.2, 0.25) is 0 Å². The van der Waals surface area contributed by atoms with Crippen molar-refractivity contribution in [3.8, 4) is 0 Å². The number of thiocarbonyl (C=S) groups is 1. The zero-order valence-electron chi connectivity index (χ0n) is 12.6. The molecule has 1 amide bonds. The summed E-state index contributed by atoms with van der Waals surface area (Å²) in [4.78, 5) is 25.9. The number of hydrogen-bond donors (Lipinski definition) is 1. The molecule has 0 unspecified atom stereocenters. The van der Waals surface area contributed by atoms with Gasteiger partial charge in [0.2, 0.25) is 0 Å². The van der Waals surface area contributed by atoms with Crippen molar-refractivity contribution in [3.05, 3.63) is 64.5 Å². The summed E-state index contributed by atoms with van der Waals surface area (Å²) in [6.07, 6.45) is 1.58. The van der Waals surface area contributed by atoms with Gasteiger partial charge in [0.1, 0.15) is 15.8 Å². The first kappa shape index (κ1) is 16.5. The molecule has 0 spiro atoms. The molecular weight excluding hydrogens is 346 g/mol. The van der Waals surface area contributed by atoms with Gasteiger partial charge in [0.05, 0.1) is 4.91 Å². The third-order valence-electron chi connectivity index (χ3n) is 3.47. The Hall–Kier alpha value is -2.38. The monoisotopic (exact) mass is 359 g/mol. The maximum Gasteiger partial charge on any atom is 0.331 e. The summed E-state index contributed by atoms with van der Waals surface area (Å²) in [6.45, 7) is 1.80. The van der Waals surface area contributed by atoms with Gasteiger partial charge in [-0.15, -0.1) is 0 Å².